The Morgan fingerprint density at radius 1 is 0.938 bits per heavy atom. The van der Waals surface area contributed by atoms with Crippen LogP contribution in [0.1, 0.15) is 87.1 Å². The van der Waals surface area contributed by atoms with Gasteiger partial charge in [0.25, 0.3) is 5.91 Å². The molecule has 0 fully saturated rings. The molecule has 0 aliphatic carbocycles. The summed E-state index contributed by atoms with van der Waals surface area (Å²) in [5.41, 5.74) is 1.61. The van der Waals surface area contributed by atoms with E-state index in [0.29, 0.717) is 30.2 Å². The Bertz CT molecular complexity index is 807. The van der Waals surface area contributed by atoms with E-state index in [1.807, 2.05) is 42.2 Å². The Kier molecular flexibility index (Phi) is 12.3. The number of hydrogen-bond acceptors (Lipinski definition) is 3. The van der Waals surface area contributed by atoms with E-state index in [9.17, 15) is 4.79 Å². The maximum atomic E-state index is 12.5. The van der Waals surface area contributed by atoms with Crippen molar-refractivity contribution < 1.29 is 18.8 Å². The van der Waals surface area contributed by atoms with Gasteiger partial charge in [-0.25, -0.2) is 4.57 Å². The van der Waals surface area contributed by atoms with Gasteiger partial charge in [-0.3, -0.25) is 4.79 Å². The van der Waals surface area contributed by atoms with E-state index in [-0.39, 0.29) is 5.91 Å². The number of aryl methyl sites for hydroxylation is 1. The number of methoxy groups -OCH3 is 1. The number of carbonyl (C=O) groups is 1. The molecule has 1 aromatic carbocycles. The zero-order valence-corrected chi connectivity index (χ0v) is 20.2. The smallest absolute Gasteiger partial charge is 0.251 e. The van der Waals surface area contributed by atoms with Crippen molar-refractivity contribution in [3.63, 3.8) is 0 Å². The zero-order valence-electron chi connectivity index (χ0n) is 20.2. The first kappa shape index (κ1) is 25.7. The van der Waals surface area contributed by atoms with Crippen LogP contribution in [0.15, 0.2) is 42.7 Å². The second-order valence-corrected chi connectivity index (χ2v) is 8.46. The van der Waals surface area contributed by atoms with Crippen LogP contribution >= 0.6 is 0 Å². The molecule has 0 aliphatic rings. The summed E-state index contributed by atoms with van der Waals surface area (Å²) < 4.78 is 13.3. The average Bonchev–Trinajstić information content (AvgIpc) is 2.81. The van der Waals surface area contributed by atoms with Crippen molar-refractivity contribution in [2.75, 3.05) is 13.7 Å². The van der Waals surface area contributed by atoms with Crippen LogP contribution in [0.2, 0.25) is 0 Å². The highest BCUT2D eigenvalue weighted by Gasteiger charge is 2.12. The van der Waals surface area contributed by atoms with Crippen molar-refractivity contribution in [3.8, 4) is 11.5 Å². The first-order valence-corrected chi connectivity index (χ1v) is 12.2. The average molecular weight is 442 g/mol. The Balaban J connectivity index is 1.68. The molecule has 1 N–H and O–H groups in total. The third-order valence-corrected chi connectivity index (χ3v) is 5.64. The largest absolute Gasteiger partial charge is 0.493 e. The minimum absolute atomic E-state index is 0.129. The minimum Gasteiger partial charge on any atom is -0.493 e. The number of ether oxygens (including phenoxy) is 2. The van der Waals surface area contributed by atoms with E-state index >= 15 is 0 Å². The van der Waals surface area contributed by atoms with Crippen LogP contribution in [0.25, 0.3) is 0 Å². The van der Waals surface area contributed by atoms with Crippen LogP contribution in [-0.4, -0.2) is 19.6 Å². The minimum atomic E-state index is -0.129. The fourth-order valence-corrected chi connectivity index (χ4v) is 3.74. The van der Waals surface area contributed by atoms with Gasteiger partial charge in [0, 0.05) is 23.7 Å². The predicted molar refractivity (Wildman–Crippen MR) is 129 cm³/mol. The number of carbonyl (C=O) groups excluding carboxylic acids is 1. The molecule has 0 saturated heterocycles. The molecular formula is C27H41N2O3+. The van der Waals surface area contributed by atoms with Crippen molar-refractivity contribution >= 4 is 5.91 Å². The second kappa shape index (κ2) is 15.3. The second-order valence-electron chi connectivity index (χ2n) is 8.46. The predicted octanol–water partition coefficient (Wildman–Crippen LogP) is 5.75. The molecule has 2 aromatic rings. The van der Waals surface area contributed by atoms with Gasteiger partial charge in [0.05, 0.1) is 13.7 Å². The summed E-state index contributed by atoms with van der Waals surface area (Å²) in [7, 11) is 3.57. The molecule has 0 radical (unpaired) electrons. The summed E-state index contributed by atoms with van der Waals surface area (Å²) >= 11 is 0. The number of nitrogens with zero attached hydrogens (tertiary/aromatic N) is 1. The highest BCUT2D eigenvalue weighted by atomic mass is 16.5. The summed E-state index contributed by atoms with van der Waals surface area (Å²) in [4.78, 5) is 12.5. The van der Waals surface area contributed by atoms with E-state index in [1.54, 1.807) is 19.2 Å². The van der Waals surface area contributed by atoms with E-state index in [1.165, 1.54) is 57.8 Å². The van der Waals surface area contributed by atoms with E-state index in [0.717, 1.165) is 12.0 Å². The number of pyridine rings is 1. The van der Waals surface area contributed by atoms with Crippen molar-refractivity contribution in [3.05, 3.63) is 53.9 Å². The van der Waals surface area contributed by atoms with Crippen molar-refractivity contribution in [2.45, 2.75) is 77.7 Å². The van der Waals surface area contributed by atoms with Crippen LogP contribution in [0.4, 0.5) is 0 Å². The van der Waals surface area contributed by atoms with E-state index in [2.05, 4.69) is 12.2 Å². The van der Waals surface area contributed by atoms with Crippen molar-refractivity contribution in [1.82, 2.24) is 5.32 Å². The maximum absolute atomic E-state index is 12.5. The molecule has 1 aromatic heterocycles. The van der Waals surface area contributed by atoms with Gasteiger partial charge in [0.1, 0.15) is 7.05 Å². The molecule has 0 saturated carbocycles. The Morgan fingerprint density at radius 3 is 2.28 bits per heavy atom. The number of nitrogens with one attached hydrogen (secondary N) is 1. The van der Waals surface area contributed by atoms with Crippen LogP contribution in [-0.2, 0) is 13.6 Å². The highest BCUT2D eigenvalue weighted by molar-refractivity contribution is 5.94. The van der Waals surface area contributed by atoms with E-state index in [4.69, 9.17) is 9.47 Å². The fraction of sp³-hybridized carbons (Fsp3) is 0.556. The van der Waals surface area contributed by atoms with Crippen molar-refractivity contribution in [2.24, 2.45) is 7.05 Å². The molecule has 0 unspecified atom stereocenters. The molecule has 32 heavy (non-hydrogen) atoms. The molecule has 0 bridgehead atoms. The monoisotopic (exact) mass is 441 g/mol. The standard InChI is InChI=1S/C27H40N2O3/c1-4-5-6-7-8-9-10-11-12-13-19-32-25-17-16-24(20-26(25)31-3)27(30)28-21-23-15-14-18-29(2)22-23/h14-18,20,22H,4-13,19,21H2,1-3H3/p+1. The molecule has 0 atom stereocenters. The molecule has 0 aliphatic heterocycles. The SMILES string of the molecule is CCCCCCCCCCCCOc1ccc(C(=O)NCc2ccc[n+](C)c2)cc1OC. The lowest BCUT2D eigenvalue weighted by molar-refractivity contribution is -0.671. The summed E-state index contributed by atoms with van der Waals surface area (Å²) in [6, 6.07) is 9.31. The normalized spacial score (nSPS) is 10.7. The molecule has 0 spiro atoms. The third kappa shape index (κ3) is 9.71. The van der Waals surface area contributed by atoms with Crippen LogP contribution in [0.5, 0.6) is 11.5 Å². The lowest BCUT2D eigenvalue weighted by Crippen LogP contribution is -2.29. The fourth-order valence-electron chi connectivity index (χ4n) is 3.74. The van der Waals surface area contributed by atoms with Gasteiger partial charge in [-0.15, -0.1) is 0 Å². The summed E-state index contributed by atoms with van der Waals surface area (Å²) in [5, 5.41) is 2.96. The van der Waals surface area contributed by atoms with Gasteiger partial charge in [0.2, 0.25) is 0 Å². The first-order chi connectivity index (χ1) is 15.6. The zero-order chi connectivity index (χ0) is 23.0. The number of rotatable bonds is 16. The molecule has 1 heterocycles. The number of benzene rings is 1. The topological polar surface area (TPSA) is 51.4 Å². The third-order valence-electron chi connectivity index (χ3n) is 5.64. The van der Waals surface area contributed by atoms with Gasteiger partial charge in [0.15, 0.2) is 23.9 Å². The summed E-state index contributed by atoms with van der Waals surface area (Å²) in [6.45, 7) is 3.41. The molecule has 1 amide bonds. The molecule has 5 nitrogen and oxygen atoms in total. The Hall–Kier alpha value is -2.56. The molecule has 5 heteroatoms. The van der Waals surface area contributed by atoms with Crippen LogP contribution in [0.3, 0.4) is 0 Å². The summed E-state index contributed by atoms with van der Waals surface area (Å²) in [6.07, 6.45) is 17.0. The van der Waals surface area contributed by atoms with Gasteiger partial charge >= 0.3 is 0 Å². The van der Waals surface area contributed by atoms with Crippen LogP contribution in [0, 0.1) is 0 Å². The van der Waals surface area contributed by atoms with Gasteiger partial charge in [-0.2, -0.15) is 0 Å². The number of unbranched alkanes of at least 4 members (excludes halogenated alkanes) is 9. The van der Waals surface area contributed by atoms with Gasteiger partial charge in [-0.05, 0) is 30.7 Å². The number of hydrogen-bond donors (Lipinski definition) is 1. The Morgan fingerprint density at radius 2 is 1.62 bits per heavy atom. The highest BCUT2D eigenvalue weighted by Crippen LogP contribution is 2.28. The molecular weight excluding hydrogens is 400 g/mol. The molecule has 176 valence electrons. The van der Waals surface area contributed by atoms with Crippen LogP contribution < -0.4 is 19.4 Å². The summed E-state index contributed by atoms with van der Waals surface area (Å²) in [5.74, 6) is 1.15. The lowest BCUT2D eigenvalue weighted by Gasteiger charge is -2.12. The maximum Gasteiger partial charge on any atom is 0.251 e. The van der Waals surface area contributed by atoms with Gasteiger partial charge in [-0.1, -0.05) is 64.7 Å². The molecule has 2 rings (SSSR count). The Labute approximate surface area is 194 Å². The number of amides is 1. The first-order valence-electron chi connectivity index (χ1n) is 12.2. The number of aromatic nitrogens is 1. The van der Waals surface area contributed by atoms with Gasteiger partial charge < -0.3 is 14.8 Å². The quantitative estimate of drug-likeness (QED) is 0.267. The van der Waals surface area contributed by atoms with Crippen molar-refractivity contribution in [1.29, 1.82) is 0 Å². The van der Waals surface area contributed by atoms with E-state index < -0.39 is 0 Å². The lowest BCUT2D eigenvalue weighted by atomic mass is 10.1.